The van der Waals surface area contributed by atoms with E-state index in [-0.39, 0.29) is 12.8 Å². The highest BCUT2D eigenvalue weighted by atomic mass is 16.4. The number of benzene rings is 2. The summed E-state index contributed by atoms with van der Waals surface area (Å²) >= 11 is 0. The number of aliphatic hydroxyl groups is 1. The number of nitrogens with one attached hydrogen (secondary N) is 5. The second-order valence-electron chi connectivity index (χ2n) is 10.5. The molecule has 4 rings (SSSR count). The van der Waals surface area contributed by atoms with Crippen LogP contribution < -0.4 is 21.7 Å². The van der Waals surface area contributed by atoms with Crippen molar-refractivity contribution in [3.63, 3.8) is 0 Å². The van der Waals surface area contributed by atoms with Crippen LogP contribution in [0.15, 0.2) is 60.9 Å². The number of hydrogen-bond donors (Lipinski definition) is 9. The van der Waals surface area contributed by atoms with Gasteiger partial charge in [-0.2, -0.15) is 0 Å². The predicted octanol–water partition coefficient (Wildman–Crippen LogP) is 0.156. The molecule has 0 bridgehead atoms. The smallest absolute Gasteiger partial charge is 0.328 e. The van der Waals surface area contributed by atoms with E-state index in [1.54, 1.807) is 36.7 Å². The van der Waals surface area contributed by atoms with E-state index in [1.165, 1.54) is 6.92 Å². The molecule has 0 aliphatic rings. The molecule has 0 spiro atoms. The molecule has 10 N–H and O–H groups in total. The maximum atomic E-state index is 13.4. The lowest BCUT2D eigenvalue weighted by atomic mass is 10.0. The fourth-order valence-electron chi connectivity index (χ4n) is 4.94. The van der Waals surface area contributed by atoms with Crippen molar-refractivity contribution in [3.8, 4) is 0 Å². The van der Waals surface area contributed by atoms with Gasteiger partial charge in [0.1, 0.15) is 12.1 Å². The molecule has 2 aromatic heterocycles. The standard InChI is InChI=1S/C30H34N6O8/c1-15(37)26(30(43)44)36-29(42)23(11-17-14-33-22-9-5-3-7-19(17)22)35-28(41)24(12-25(38)39)34-27(40)20(31)10-16-13-32-21-8-4-2-6-18(16)21/h2-9,13-15,20,23-24,26,32-33,37H,10-12,31H2,1H3,(H,34,40)(H,35,41)(H,36,42)(H,38,39)(H,43,44). The first-order valence-electron chi connectivity index (χ1n) is 13.8. The molecule has 0 saturated carbocycles. The summed E-state index contributed by atoms with van der Waals surface area (Å²) < 4.78 is 0. The summed E-state index contributed by atoms with van der Waals surface area (Å²) in [6.07, 6.45) is 1.04. The highest BCUT2D eigenvalue weighted by Crippen LogP contribution is 2.20. The summed E-state index contributed by atoms with van der Waals surface area (Å²) in [7, 11) is 0. The molecule has 3 amide bonds. The fourth-order valence-corrected chi connectivity index (χ4v) is 4.94. The maximum Gasteiger partial charge on any atom is 0.328 e. The summed E-state index contributed by atoms with van der Waals surface area (Å²) in [5.41, 5.74) is 9.08. The Morgan fingerprint density at radius 3 is 1.77 bits per heavy atom. The topological polar surface area (TPSA) is 240 Å². The van der Waals surface area contributed by atoms with Gasteiger partial charge in [-0.25, -0.2) is 4.79 Å². The zero-order valence-corrected chi connectivity index (χ0v) is 23.7. The Labute approximate surface area is 251 Å². The first-order chi connectivity index (χ1) is 20.9. The van der Waals surface area contributed by atoms with Crippen molar-refractivity contribution in [2.24, 2.45) is 5.73 Å². The molecule has 0 aliphatic heterocycles. The molecule has 0 radical (unpaired) electrons. The van der Waals surface area contributed by atoms with Crippen molar-refractivity contribution in [3.05, 3.63) is 72.1 Å². The molecule has 0 saturated heterocycles. The lowest BCUT2D eigenvalue weighted by Gasteiger charge is -2.25. The van der Waals surface area contributed by atoms with Crippen molar-refractivity contribution in [2.45, 2.75) is 56.5 Å². The van der Waals surface area contributed by atoms with E-state index >= 15 is 0 Å². The van der Waals surface area contributed by atoms with Crippen molar-refractivity contribution >= 4 is 51.5 Å². The van der Waals surface area contributed by atoms with Crippen molar-refractivity contribution in [1.82, 2.24) is 25.9 Å². The number of aliphatic hydroxyl groups excluding tert-OH is 1. The Hall–Kier alpha value is -5.21. The Bertz CT molecular complexity index is 1680. The number of rotatable bonds is 14. The molecule has 2 aromatic carbocycles. The highest BCUT2D eigenvalue weighted by molar-refractivity contribution is 5.96. The molecular formula is C30H34N6O8. The summed E-state index contributed by atoms with van der Waals surface area (Å²) in [4.78, 5) is 69.1. The van der Waals surface area contributed by atoms with Crippen molar-refractivity contribution in [2.75, 3.05) is 0 Å². The number of hydrogen-bond acceptors (Lipinski definition) is 7. The van der Waals surface area contributed by atoms with E-state index in [0.717, 1.165) is 27.4 Å². The van der Waals surface area contributed by atoms with Gasteiger partial charge in [0, 0.05) is 40.6 Å². The molecule has 232 valence electrons. The number of carboxylic acid groups (broad SMARTS) is 2. The second kappa shape index (κ2) is 13.8. The SMILES string of the molecule is CC(O)C(NC(=O)C(Cc1c[nH]c2ccccc12)NC(=O)C(CC(=O)O)NC(=O)C(N)Cc1c[nH]c2ccccc12)C(=O)O. The average molecular weight is 607 g/mol. The molecule has 0 fully saturated rings. The van der Waals surface area contributed by atoms with Crippen LogP contribution in [0.25, 0.3) is 21.8 Å². The molecule has 5 unspecified atom stereocenters. The zero-order chi connectivity index (χ0) is 32.0. The lowest BCUT2D eigenvalue weighted by Crippen LogP contribution is -2.59. The van der Waals surface area contributed by atoms with Gasteiger partial charge in [0.15, 0.2) is 6.04 Å². The molecule has 2 heterocycles. The predicted molar refractivity (Wildman–Crippen MR) is 159 cm³/mol. The first kappa shape index (κ1) is 31.7. The Morgan fingerprint density at radius 2 is 1.25 bits per heavy atom. The number of aromatic nitrogens is 2. The van der Waals surface area contributed by atoms with Crippen LogP contribution in [0.2, 0.25) is 0 Å². The lowest BCUT2D eigenvalue weighted by molar-refractivity contribution is -0.145. The summed E-state index contributed by atoms with van der Waals surface area (Å²) in [5.74, 6) is -5.61. The number of para-hydroxylation sites is 2. The van der Waals surface area contributed by atoms with Crippen LogP contribution in [0.3, 0.4) is 0 Å². The van der Waals surface area contributed by atoms with Gasteiger partial charge in [-0.15, -0.1) is 0 Å². The van der Waals surface area contributed by atoms with Crippen LogP contribution in [-0.2, 0) is 36.8 Å². The number of nitrogens with two attached hydrogens (primary N) is 1. The normalized spacial score (nSPS) is 14.7. The molecular weight excluding hydrogens is 572 g/mol. The number of aromatic amines is 2. The van der Waals surface area contributed by atoms with Crippen LogP contribution in [0.1, 0.15) is 24.5 Å². The number of aliphatic carboxylic acids is 2. The minimum Gasteiger partial charge on any atom is -0.481 e. The van der Waals surface area contributed by atoms with Crippen LogP contribution in [0.5, 0.6) is 0 Å². The summed E-state index contributed by atoms with van der Waals surface area (Å²) in [5, 5.41) is 37.5. The van der Waals surface area contributed by atoms with Gasteiger partial charge in [0.05, 0.1) is 18.6 Å². The molecule has 0 aliphatic carbocycles. The van der Waals surface area contributed by atoms with Gasteiger partial charge >= 0.3 is 11.9 Å². The van der Waals surface area contributed by atoms with Crippen molar-refractivity contribution < 1.29 is 39.3 Å². The highest BCUT2D eigenvalue weighted by Gasteiger charge is 2.33. The third-order valence-corrected chi connectivity index (χ3v) is 7.24. The number of carboxylic acids is 2. The van der Waals surface area contributed by atoms with Gasteiger partial charge < -0.3 is 47.0 Å². The molecule has 14 nitrogen and oxygen atoms in total. The monoisotopic (exact) mass is 606 g/mol. The minimum atomic E-state index is -1.68. The number of H-pyrrole nitrogens is 2. The van der Waals surface area contributed by atoms with Crippen LogP contribution in [0, 0.1) is 0 Å². The van der Waals surface area contributed by atoms with Crippen molar-refractivity contribution in [1.29, 1.82) is 0 Å². The van der Waals surface area contributed by atoms with E-state index < -0.39 is 66.4 Å². The molecule has 44 heavy (non-hydrogen) atoms. The largest absolute Gasteiger partial charge is 0.481 e. The third kappa shape index (κ3) is 7.59. The van der Waals surface area contributed by atoms with E-state index in [2.05, 4.69) is 25.9 Å². The van der Waals surface area contributed by atoms with Gasteiger partial charge in [-0.3, -0.25) is 19.2 Å². The van der Waals surface area contributed by atoms with E-state index in [1.807, 2.05) is 24.3 Å². The summed E-state index contributed by atoms with van der Waals surface area (Å²) in [6, 6.07) is 8.75. The van der Waals surface area contributed by atoms with Gasteiger partial charge in [-0.05, 0) is 36.6 Å². The Morgan fingerprint density at radius 1 is 0.750 bits per heavy atom. The third-order valence-electron chi connectivity index (χ3n) is 7.24. The van der Waals surface area contributed by atoms with Crippen LogP contribution >= 0.6 is 0 Å². The van der Waals surface area contributed by atoms with Gasteiger partial charge in [0.25, 0.3) is 0 Å². The van der Waals surface area contributed by atoms with E-state index in [9.17, 15) is 39.3 Å². The van der Waals surface area contributed by atoms with E-state index in [4.69, 9.17) is 5.73 Å². The zero-order valence-electron chi connectivity index (χ0n) is 23.7. The average Bonchev–Trinajstić information content (AvgIpc) is 3.58. The number of amides is 3. The maximum absolute atomic E-state index is 13.4. The minimum absolute atomic E-state index is 0.0960. The Balaban J connectivity index is 1.53. The van der Waals surface area contributed by atoms with Gasteiger partial charge in [0.2, 0.25) is 17.7 Å². The molecule has 5 atom stereocenters. The first-order valence-corrected chi connectivity index (χ1v) is 13.8. The second-order valence-corrected chi connectivity index (χ2v) is 10.5. The number of carbonyl (C=O) groups excluding carboxylic acids is 3. The number of carbonyl (C=O) groups is 5. The number of fused-ring (bicyclic) bond motifs is 2. The quantitative estimate of drug-likeness (QED) is 0.0948. The van der Waals surface area contributed by atoms with Gasteiger partial charge in [-0.1, -0.05) is 36.4 Å². The fraction of sp³-hybridized carbons (Fsp3) is 0.300. The Kier molecular flexibility index (Phi) is 9.98. The van der Waals surface area contributed by atoms with Crippen LogP contribution in [-0.4, -0.2) is 85.2 Å². The molecule has 4 aromatic rings. The molecule has 14 heteroatoms. The van der Waals surface area contributed by atoms with E-state index in [0.29, 0.717) is 5.56 Å². The van der Waals surface area contributed by atoms with Crippen LogP contribution in [0.4, 0.5) is 0 Å². The summed E-state index contributed by atoms with van der Waals surface area (Å²) in [6.45, 7) is 1.18.